The number of benzene rings is 2. The Morgan fingerprint density at radius 3 is 2.29 bits per heavy atom. The lowest BCUT2D eigenvalue weighted by atomic mass is 9.96. The molecule has 0 saturated carbocycles. The van der Waals surface area contributed by atoms with Gasteiger partial charge in [-0.05, 0) is 30.3 Å². The molecule has 0 atom stereocenters. The number of hydrogen-bond acceptors (Lipinski definition) is 3. The van der Waals surface area contributed by atoms with Gasteiger partial charge in [-0.3, -0.25) is 14.9 Å². The van der Waals surface area contributed by atoms with Crippen LogP contribution in [-0.4, -0.2) is 11.8 Å². The van der Waals surface area contributed by atoms with Crippen molar-refractivity contribution in [3.05, 3.63) is 70.9 Å². The molecule has 21 heavy (non-hydrogen) atoms. The van der Waals surface area contributed by atoms with Crippen LogP contribution in [0.1, 0.15) is 15.9 Å². The molecule has 1 heterocycles. The number of rotatable bonds is 2. The van der Waals surface area contributed by atoms with E-state index in [-0.39, 0.29) is 5.91 Å². The van der Waals surface area contributed by atoms with Crippen molar-refractivity contribution in [1.29, 1.82) is 0 Å². The molecule has 0 aliphatic carbocycles. The number of carbonyl (C=O) groups excluding carboxylic acids is 2. The van der Waals surface area contributed by atoms with Gasteiger partial charge in [-0.25, -0.2) is 0 Å². The fourth-order valence-corrected chi connectivity index (χ4v) is 2.25. The molecule has 0 bridgehead atoms. The van der Waals surface area contributed by atoms with Crippen molar-refractivity contribution >= 4 is 34.7 Å². The van der Waals surface area contributed by atoms with Crippen LogP contribution in [0.3, 0.4) is 0 Å². The number of nitrogens with one attached hydrogen (secondary N) is 2. The first-order valence-electron chi connectivity index (χ1n) is 6.32. The Kier molecular flexibility index (Phi) is 3.46. The average Bonchev–Trinajstić information content (AvgIpc) is 2.49. The van der Waals surface area contributed by atoms with Crippen LogP contribution < -0.4 is 10.6 Å². The van der Waals surface area contributed by atoms with Gasteiger partial charge in [0.15, 0.2) is 0 Å². The summed E-state index contributed by atoms with van der Waals surface area (Å²) >= 11 is 5.82. The maximum atomic E-state index is 12.0. The summed E-state index contributed by atoms with van der Waals surface area (Å²) in [7, 11) is 0. The third-order valence-corrected chi connectivity index (χ3v) is 3.41. The van der Waals surface area contributed by atoms with Gasteiger partial charge in [0.05, 0.1) is 5.57 Å². The lowest BCUT2D eigenvalue weighted by Crippen LogP contribution is -2.36. The molecule has 0 unspecified atom stereocenters. The molecule has 2 amide bonds. The zero-order valence-electron chi connectivity index (χ0n) is 10.9. The summed E-state index contributed by atoms with van der Waals surface area (Å²) in [6.45, 7) is 0. The Morgan fingerprint density at radius 1 is 0.905 bits per heavy atom. The molecule has 4 nitrogen and oxygen atoms in total. The normalized spacial score (nSPS) is 15.6. The number of anilines is 1. The van der Waals surface area contributed by atoms with Crippen molar-refractivity contribution in [2.45, 2.75) is 0 Å². The minimum atomic E-state index is -0.417. The second kappa shape index (κ2) is 5.42. The summed E-state index contributed by atoms with van der Waals surface area (Å²) in [6, 6.07) is 14.1. The molecule has 5 heteroatoms. The highest BCUT2D eigenvalue weighted by Gasteiger charge is 2.26. The van der Waals surface area contributed by atoms with E-state index in [1.807, 2.05) is 0 Å². The van der Waals surface area contributed by atoms with Crippen LogP contribution in [-0.2, 0) is 4.79 Å². The Morgan fingerprint density at radius 2 is 1.57 bits per heavy atom. The van der Waals surface area contributed by atoms with Gasteiger partial charge in [0.25, 0.3) is 11.8 Å². The smallest absolute Gasteiger partial charge is 0.260 e. The van der Waals surface area contributed by atoms with Crippen LogP contribution in [0, 0.1) is 0 Å². The summed E-state index contributed by atoms with van der Waals surface area (Å²) < 4.78 is 0. The molecular formula is C16H11ClN2O2. The monoisotopic (exact) mass is 298 g/mol. The number of carbonyl (C=O) groups is 2. The number of hydrogen-bond donors (Lipinski definition) is 2. The Balaban J connectivity index is 1.95. The highest BCUT2D eigenvalue weighted by Crippen LogP contribution is 2.24. The summed E-state index contributed by atoms with van der Waals surface area (Å²) in [4.78, 5) is 23.7. The summed E-state index contributed by atoms with van der Waals surface area (Å²) in [5.74, 6) is -0.792. The number of amides is 2. The molecule has 2 aromatic rings. The van der Waals surface area contributed by atoms with Crippen LogP contribution in [0.5, 0.6) is 0 Å². The minimum absolute atomic E-state index is 0.376. The van der Waals surface area contributed by atoms with Crippen molar-refractivity contribution in [1.82, 2.24) is 5.32 Å². The van der Waals surface area contributed by atoms with E-state index in [1.54, 1.807) is 54.7 Å². The van der Waals surface area contributed by atoms with Crippen LogP contribution in [0.25, 0.3) is 5.57 Å². The summed E-state index contributed by atoms with van der Waals surface area (Å²) in [5, 5.41) is 6.00. The SMILES string of the molecule is O=C1NC(=O)c2ccccc2/C1=C/Nc1ccc(Cl)cc1. The van der Waals surface area contributed by atoms with Crippen molar-refractivity contribution in [3.8, 4) is 0 Å². The van der Waals surface area contributed by atoms with Crippen molar-refractivity contribution in [2.24, 2.45) is 0 Å². The molecule has 1 aliphatic rings. The van der Waals surface area contributed by atoms with Gasteiger partial charge in [0, 0.05) is 28.0 Å². The van der Waals surface area contributed by atoms with E-state index in [9.17, 15) is 9.59 Å². The quantitative estimate of drug-likeness (QED) is 0.662. The van der Waals surface area contributed by atoms with Gasteiger partial charge < -0.3 is 5.32 Å². The van der Waals surface area contributed by atoms with Gasteiger partial charge >= 0.3 is 0 Å². The maximum absolute atomic E-state index is 12.0. The predicted octanol–water partition coefficient (Wildman–Crippen LogP) is 3.06. The molecule has 0 aromatic heterocycles. The van der Waals surface area contributed by atoms with Crippen molar-refractivity contribution < 1.29 is 9.59 Å². The van der Waals surface area contributed by atoms with Gasteiger partial charge in [0.2, 0.25) is 0 Å². The van der Waals surface area contributed by atoms with Crippen LogP contribution in [0.15, 0.2) is 54.7 Å². The van der Waals surface area contributed by atoms with E-state index >= 15 is 0 Å². The number of fused-ring (bicyclic) bond motifs is 1. The Hall–Kier alpha value is -2.59. The zero-order chi connectivity index (χ0) is 14.8. The fraction of sp³-hybridized carbons (Fsp3) is 0. The van der Waals surface area contributed by atoms with Gasteiger partial charge in [-0.15, -0.1) is 0 Å². The lowest BCUT2D eigenvalue weighted by molar-refractivity contribution is -0.114. The number of halogens is 1. The molecule has 0 spiro atoms. The number of imide groups is 1. The van der Waals surface area contributed by atoms with E-state index in [2.05, 4.69) is 10.6 Å². The molecule has 0 fully saturated rings. The Bertz CT molecular complexity index is 751. The molecule has 1 aliphatic heterocycles. The molecule has 0 saturated heterocycles. The predicted molar refractivity (Wildman–Crippen MR) is 82.0 cm³/mol. The molecule has 2 aromatic carbocycles. The molecule has 2 N–H and O–H groups in total. The lowest BCUT2D eigenvalue weighted by Gasteiger charge is -2.18. The van der Waals surface area contributed by atoms with E-state index in [4.69, 9.17) is 11.6 Å². The minimum Gasteiger partial charge on any atom is -0.361 e. The van der Waals surface area contributed by atoms with Crippen LogP contribution in [0.2, 0.25) is 5.02 Å². The molecule has 104 valence electrons. The largest absolute Gasteiger partial charge is 0.361 e. The molecule has 0 radical (unpaired) electrons. The average molecular weight is 299 g/mol. The van der Waals surface area contributed by atoms with Crippen molar-refractivity contribution in [3.63, 3.8) is 0 Å². The highest BCUT2D eigenvalue weighted by molar-refractivity contribution is 6.31. The van der Waals surface area contributed by atoms with Gasteiger partial charge in [0.1, 0.15) is 0 Å². The highest BCUT2D eigenvalue weighted by atomic mass is 35.5. The second-order valence-electron chi connectivity index (χ2n) is 4.54. The van der Waals surface area contributed by atoms with Gasteiger partial charge in [-0.2, -0.15) is 0 Å². The van der Waals surface area contributed by atoms with Crippen molar-refractivity contribution in [2.75, 3.05) is 5.32 Å². The van der Waals surface area contributed by atoms with E-state index in [0.29, 0.717) is 21.7 Å². The third kappa shape index (κ3) is 2.66. The topological polar surface area (TPSA) is 58.2 Å². The second-order valence-corrected chi connectivity index (χ2v) is 4.97. The van der Waals surface area contributed by atoms with E-state index in [1.165, 1.54) is 0 Å². The van der Waals surface area contributed by atoms with Crippen LogP contribution in [0.4, 0.5) is 5.69 Å². The van der Waals surface area contributed by atoms with Crippen LogP contribution >= 0.6 is 11.6 Å². The van der Waals surface area contributed by atoms with Gasteiger partial charge in [-0.1, -0.05) is 29.8 Å². The first kappa shape index (κ1) is 13.4. The summed E-state index contributed by atoms with van der Waals surface area (Å²) in [6.07, 6.45) is 1.59. The zero-order valence-corrected chi connectivity index (χ0v) is 11.6. The summed E-state index contributed by atoms with van der Waals surface area (Å²) in [5.41, 5.74) is 2.32. The molecule has 3 rings (SSSR count). The molecular weight excluding hydrogens is 288 g/mol. The first-order chi connectivity index (χ1) is 10.1. The Labute approximate surface area is 126 Å². The fourth-order valence-electron chi connectivity index (χ4n) is 2.12. The van der Waals surface area contributed by atoms with E-state index < -0.39 is 5.91 Å². The third-order valence-electron chi connectivity index (χ3n) is 3.16. The first-order valence-corrected chi connectivity index (χ1v) is 6.70. The standard InChI is InChI=1S/C16H11ClN2O2/c17-10-5-7-11(8-6-10)18-9-14-12-3-1-2-4-13(12)15(20)19-16(14)21/h1-9,18H,(H,19,20,21)/b14-9-. The maximum Gasteiger partial charge on any atom is 0.260 e. The van der Waals surface area contributed by atoms with E-state index in [0.717, 1.165) is 5.69 Å².